The molecule has 2 aliphatic heterocycles. The summed E-state index contributed by atoms with van der Waals surface area (Å²) in [6, 6.07) is 22.0. The Hall–Kier alpha value is -3.36. The number of nitrogens with zero attached hydrogens (tertiary/aromatic N) is 3. The van der Waals surface area contributed by atoms with Gasteiger partial charge in [0.2, 0.25) is 0 Å². The Morgan fingerprint density at radius 1 is 0.938 bits per heavy atom. The van der Waals surface area contributed by atoms with Crippen LogP contribution in [0.4, 0.5) is 17.1 Å². The van der Waals surface area contributed by atoms with Crippen LogP contribution in [0.1, 0.15) is 0 Å². The molecule has 1 fully saturated rings. The van der Waals surface area contributed by atoms with E-state index in [0.29, 0.717) is 21.4 Å². The van der Waals surface area contributed by atoms with E-state index in [0.717, 1.165) is 21.4 Å². The molecule has 32 heavy (non-hydrogen) atoms. The molecular formula is C24H19N3O3S2. The van der Waals surface area contributed by atoms with Crippen LogP contribution in [0.5, 0.6) is 11.5 Å². The van der Waals surface area contributed by atoms with Gasteiger partial charge in [0.05, 0.1) is 29.2 Å². The van der Waals surface area contributed by atoms with Crippen LogP contribution in [0.25, 0.3) is 0 Å². The highest BCUT2D eigenvalue weighted by molar-refractivity contribution is 8.20. The maximum Gasteiger partial charge on any atom is 0.274 e. The Kier molecular flexibility index (Phi) is 5.32. The van der Waals surface area contributed by atoms with Crippen molar-refractivity contribution in [1.29, 1.82) is 0 Å². The molecule has 0 radical (unpaired) electrons. The average Bonchev–Trinajstić information content (AvgIpc) is 3.31. The van der Waals surface area contributed by atoms with Crippen LogP contribution >= 0.6 is 23.5 Å². The smallest absolute Gasteiger partial charge is 0.274 e. The Balaban J connectivity index is 1.59. The summed E-state index contributed by atoms with van der Waals surface area (Å²) in [5.41, 5.74) is 2.43. The van der Waals surface area contributed by atoms with Crippen molar-refractivity contribution in [3.63, 3.8) is 0 Å². The minimum Gasteiger partial charge on any atom is -0.508 e. The number of aromatic hydroxyl groups is 1. The van der Waals surface area contributed by atoms with Crippen molar-refractivity contribution < 1.29 is 14.6 Å². The summed E-state index contributed by atoms with van der Waals surface area (Å²) >= 11 is 2.94. The number of phenolic OH excluding ortho intramolecular Hbond substituents is 1. The first-order valence-electron chi connectivity index (χ1n) is 9.84. The van der Waals surface area contributed by atoms with Crippen molar-refractivity contribution >= 4 is 51.7 Å². The lowest BCUT2D eigenvalue weighted by Gasteiger charge is -2.17. The lowest BCUT2D eigenvalue weighted by Crippen LogP contribution is -2.29. The quantitative estimate of drug-likeness (QED) is 0.514. The average molecular weight is 462 g/mol. The van der Waals surface area contributed by atoms with Gasteiger partial charge in [-0.25, -0.2) is 4.99 Å². The van der Waals surface area contributed by atoms with Crippen LogP contribution in [-0.4, -0.2) is 30.3 Å². The highest BCUT2D eigenvalue weighted by Crippen LogP contribution is 2.50. The topological polar surface area (TPSA) is 65.4 Å². The molecule has 1 amide bonds. The van der Waals surface area contributed by atoms with Gasteiger partial charge >= 0.3 is 0 Å². The molecule has 0 spiro atoms. The normalized spacial score (nSPS) is 19.1. The number of carbonyl (C=O) groups excluding carboxylic acids is 1. The number of fused-ring (bicyclic) bond motifs is 1. The predicted octanol–water partition coefficient (Wildman–Crippen LogP) is 5.58. The highest BCUT2D eigenvalue weighted by Gasteiger charge is 2.40. The number of hydrogen-bond acceptors (Lipinski definition) is 7. The fraction of sp³-hybridized carbons (Fsp3) is 0.0833. The van der Waals surface area contributed by atoms with Crippen molar-refractivity contribution in [3.05, 3.63) is 82.7 Å². The number of anilines is 2. The molecule has 3 aromatic rings. The summed E-state index contributed by atoms with van der Waals surface area (Å²) < 4.78 is 5.23. The van der Waals surface area contributed by atoms with E-state index in [9.17, 15) is 9.90 Å². The molecule has 0 unspecified atom stereocenters. The molecule has 2 aliphatic rings. The van der Waals surface area contributed by atoms with E-state index < -0.39 is 0 Å². The van der Waals surface area contributed by atoms with E-state index in [1.807, 2.05) is 54.4 Å². The standard InChI is InChI=1S/C24H19N3O3S2/c1-26-19-5-3-4-6-20(19)31-23(26)21-22(29)27(16-9-11-17(28)12-10-16)24(32-21)25-15-7-13-18(30-2)14-8-15/h3-14,28H,1-2H3. The summed E-state index contributed by atoms with van der Waals surface area (Å²) in [5.74, 6) is 0.737. The molecule has 0 aliphatic carbocycles. The minimum atomic E-state index is -0.143. The summed E-state index contributed by atoms with van der Waals surface area (Å²) in [4.78, 5) is 23.8. The van der Waals surface area contributed by atoms with Gasteiger partial charge in [0.15, 0.2) is 5.17 Å². The number of amides is 1. The SMILES string of the molecule is COc1ccc(N=C2SC(=C3Sc4ccccc4N3C)C(=O)N2c2ccc(O)cc2)cc1. The van der Waals surface area contributed by atoms with Gasteiger partial charge in [-0.1, -0.05) is 23.9 Å². The lowest BCUT2D eigenvalue weighted by atomic mass is 10.2. The third kappa shape index (κ3) is 3.61. The van der Waals surface area contributed by atoms with Crippen molar-refractivity contribution in [2.24, 2.45) is 4.99 Å². The van der Waals surface area contributed by atoms with Gasteiger partial charge in [-0.3, -0.25) is 9.69 Å². The number of para-hydroxylation sites is 1. The van der Waals surface area contributed by atoms with Crippen molar-refractivity contribution in [2.75, 3.05) is 24.0 Å². The molecule has 1 saturated heterocycles. The Morgan fingerprint density at radius 3 is 2.34 bits per heavy atom. The van der Waals surface area contributed by atoms with Gasteiger partial charge in [0.1, 0.15) is 16.4 Å². The zero-order valence-corrected chi connectivity index (χ0v) is 19.0. The number of carbonyl (C=O) groups is 1. The van der Waals surface area contributed by atoms with Crippen LogP contribution in [-0.2, 0) is 4.79 Å². The first-order chi connectivity index (χ1) is 15.5. The van der Waals surface area contributed by atoms with E-state index in [1.165, 1.54) is 11.8 Å². The molecule has 5 rings (SSSR count). The minimum absolute atomic E-state index is 0.141. The number of ether oxygens (including phenoxy) is 1. The van der Waals surface area contributed by atoms with Gasteiger partial charge in [-0.2, -0.15) is 0 Å². The number of thioether (sulfide) groups is 2. The summed E-state index contributed by atoms with van der Waals surface area (Å²) in [7, 11) is 3.59. The van der Waals surface area contributed by atoms with Crippen molar-refractivity contribution in [3.8, 4) is 11.5 Å². The molecule has 8 heteroatoms. The van der Waals surface area contributed by atoms with Gasteiger partial charge in [-0.05, 0) is 72.4 Å². The zero-order chi connectivity index (χ0) is 22.2. The van der Waals surface area contributed by atoms with Crippen molar-refractivity contribution in [2.45, 2.75) is 4.90 Å². The monoisotopic (exact) mass is 461 g/mol. The molecule has 0 aromatic heterocycles. The van der Waals surface area contributed by atoms with E-state index >= 15 is 0 Å². The number of amidine groups is 1. The number of hydrogen-bond donors (Lipinski definition) is 1. The second-order valence-electron chi connectivity index (χ2n) is 7.11. The summed E-state index contributed by atoms with van der Waals surface area (Å²) in [6.07, 6.45) is 0. The summed E-state index contributed by atoms with van der Waals surface area (Å²) in [5, 5.41) is 11.1. The molecule has 3 aromatic carbocycles. The number of methoxy groups -OCH3 is 1. The summed E-state index contributed by atoms with van der Waals surface area (Å²) in [6.45, 7) is 0. The Labute approximate surface area is 194 Å². The maximum atomic E-state index is 13.6. The molecule has 0 bridgehead atoms. The van der Waals surface area contributed by atoms with Gasteiger partial charge < -0.3 is 14.7 Å². The molecule has 6 nitrogen and oxygen atoms in total. The molecule has 2 heterocycles. The fourth-order valence-electron chi connectivity index (χ4n) is 3.47. The van der Waals surface area contributed by atoms with Crippen LogP contribution in [0, 0.1) is 0 Å². The van der Waals surface area contributed by atoms with E-state index in [2.05, 4.69) is 6.07 Å². The Morgan fingerprint density at radius 2 is 1.66 bits per heavy atom. The number of aliphatic imine (C=N–C) groups is 1. The van der Waals surface area contributed by atoms with Crippen LogP contribution in [0.2, 0.25) is 0 Å². The second-order valence-corrected chi connectivity index (χ2v) is 9.12. The first-order valence-corrected chi connectivity index (χ1v) is 11.5. The Bertz CT molecular complexity index is 1250. The number of phenols is 1. The zero-order valence-electron chi connectivity index (χ0n) is 17.4. The van der Waals surface area contributed by atoms with E-state index in [4.69, 9.17) is 9.73 Å². The lowest BCUT2D eigenvalue weighted by molar-refractivity contribution is -0.113. The van der Waals surface area contributed by atoms with Gasteiger partial charge in [-0.15, -0.1) is 0 Å². The van der Waals surface area contributed by atoms with Crippen molar-refractivity contribution in [1.82, 2.24) is 0 Å². The van der Waals surface area contributed by atoms with Crippen LogP contribution < -0.4 is 14.5 Å². The highest BCUT2D eigenvalue weighted by atomic mass is 32.2. The number of rotatable bonds is 3. The predicted molar refractivity (Wildman–Crippen MR) is 131 cm³/mol. The molecular weight excluding hydrogens is 442 g/mol. The molecule has 160 valence electrons. The largest absolute Gasteiger partial charge is 0.508 e. The molecule has 0 saturated carbocycles. The van der Waals surface area contributed by atoms with Crippen LogP contribution in [0.15, 0.2) is 92.6 Å². The van der Waals surface area contributed by atoms with Gasteiger partial charge in [0.25, 0.3) is 5.91 Å². The maximum absolute atomic E-state index is 13.6. The van der Waals surface area contributed by atoms with E-state index in [-0.39, 0.29) is 11.7 Å². The van der Waals surface area contributed by atoms with Crippen LogP contribution in [0.3, 0.4) is 0 Å². The second kappa shape index (κ2) is 8.29. The first kappa shape index (κ1) is 20.5. The van der Waals surface area contributed by atoms with Gasteiger partial charge in [0, 0.05) is 11.9 Å². The van der Waals surface area contributed by atoms with E-state index in [1.54, 1.807) is 48.0 Å². The number of benzene rings is 3. The third-order valence-electron chi connectivity index (χ3n) is 5.12. The fourth-order valence-corrected chi connectivity index (χ4v) is 5.82. The molecule has 0 atom stereocenters. The molecule has 1 N–H and O–H groups in total. The third-order valence-corrected chi connectivity index (χ3v) is 7.51.